The van der Waals surface area contributed by atoms with Crippen molar-refractivity contribution in [2.75, 3.05) is 18.9 Å². The smallest absolute Gasteiger partial charge is 0.161 e. The summed E-state index contributed by atoms with van der Waals surface area (Å²) in [5, 5.41) is 0. The molecule has 0 radical (unpaired) electrons. The maximum Gasteiger partial charge on any atom is 0.161 e. The summed E-state index contributed by atoms with van der Waals surface area (Å²) in [6.07, 6.45) is 1.70. The summed E-state index contributed by atoms with van der Waals surface area (Å²) in [6, 6.07) is 9.38. The van der Waals surface area contributed by atoms with Gasteiger partial charge in [0.25, 0.3) is 0 Å². The Kier molecular flexibility index (Phi) is 4.23. The lowest BCUT2D eigenvalue weighted by Crippen LogP contribution is -1.98. The minimum atomic E-state index is 0.591. The second-order valence-corrected chi connectivity index (χ2v) is 4.00. The molecule has 19 heavy (non-hydrogen) atoms. The van der Waals surface area contributed by atoms with E-state index in [0.717, 1.165) is 22.8 Å². The first kappa shape index (κ1) is 13.2. The number of ether oxygens (including phenoxy) is 2. The fraction of sp³-hybridized carbons (Fsp3) is 0.267. The lowest BCUT2D eigenvalue weighted by atomic mass is 10.1. The molecule has 1 aromatic heterocycles. The normalized spacial score (nSPS) is 10.2. The molecule has 0 fully saturated rings. The molecule has 0 spiro atoms. The van der Waals surface area contributed by atoms with Gasteiger partial charge in [-0.3, -0.25) is 4.98 Å². The van der Waals surface area contributed by atoms with Gasteiger partial charge in [-0.15, -0.1) is 0 Å². The molecule has 0 amide bonds. The topological polar surface area (TPSA) is 57.4 Å². The zero-order chi connectivity index (χ0) is 13.7. The van der Waals surface area contributed by atoms with Crippen LogP contribution < -0.4 is 15.2 Å². The molecule has 4 nitrogen and oxygen atoms in total. The third-order valence-electron chi connectivity index (χ3n) is 2.62. The van der Waals surface area contributed by atoms with Gasteiger partial charge in [-0.1, -0.05) is 0 Å². The Morgan fingerprint density at radius 2 is 1.74 bits per heavy atom. The molecule has 0 unspecified atom stereocenters. The number of nitrogens with two attached hydrogens (primary N) is 1. The number of benzene rings is 1. The van der Waals surface area contributed by atoms with Crippen LogP contribution in [0.1, 0.15) is 13.8 Å². The van der Waals surface area contributed by atoms with Crippen LogP contribution in [-0.4, -0.2) is 18.2 Å². The average molecular weight is 258 g/mol. The number of rotatable bonds is 5. The van der Waals surface area contributed by atoms with E-state index in [9.17, 15) is 0 Å². The summed E-state index contributed by atoms with van der Waals surface area (Å²) >= 11 is 0. The van der Waals surface area contributed by atoms with Crippen LogP contribution in [0.2, 0.25) is 0 Å². The molecule has 0 bridgehead atoms. The Balaban J connectivity index is 2.39. The van der Waals surface area contributed by atoms with Gasteiger partial charge in [-0.2, -0.15) is 0 Å². The third-order valence-corrected chi connectivity index (χ3v) is 2.62. The highest BCUT2D eigenvalue weighted by molar-refractivity contribution is 5.66. The number of nitrogens with zero attached hydrogens (tertiary/aromatic N) is 1. The maximum absolute atomic E-state index is 5.77. The summed E-state index contributed by atoms with van der Waals surface area (Å²) in [6.45, 7) is 5.09. The molecule has 0 saturated heterocycles. The molecule has 2 rings (SSSR count). The van der Waals surface area contributed by atoms with Crippen LogP contribution in [0, 0.1) is 0 Å². The fourth-order valence-electron chi connectivity index (χ4n) is 1.82. The van der Waals surface area contributed by atoms with Gasteiger partial charge >= 0.3 is 0 Å². The lowest BCUT2D eigenvalue weighted by molar-refractivity contribution is 0.288. The molecule has 1 heterocycles. The van der Waals surface area contributed by atoms with Crippen molar-refractivity contribution in [3.63, 3.8) is 0 Å². The number of aromatic nitrogens is 1. The summed E-state index contributed by atoms with van der Waals surface area (Å²) in [7, 11) is 0. The van der Waals surface area contributed by atoms with Crippen LogP contribution in [0.15, 0.2) is 36.5 Å². The second-order valence-electron chi connectivity index (χ2n) is 4.00. The Morgan fingerprint density at radius 3 is 2.42 bits per heavy atom. The van der Waals surface area contributed by atoms with Crippen LogP contribution in [0.5, 0.6) is 11.5 Å². The molecule has 1 aromatic carbocycles. The van der Waals surface area contributed by atoms with Crippen LogP contribution >= 0.6 is 0 Å². The van der Waals surface area contributed by atoms with Crippen LogP contribution in [0.25, 0.3) is 11.3 Å². The first-order valence-electron chi connectivity index (χ1n) is 6.36. The predicted molar refractivity (Wildman–Crippen MR) is 76.4 cm³/mol. The molecule has 4 heteroatoms. The van der Waals surface area contributed by atoms with Gasteiger partial charge in [0.2, 0.25) is 0 Å². The highest BCUT2D eigenvalue weighted by Gasteiger charge is 2.08. The molecule has 2 N–H and O–H groups in total. The van der Waals surface area contributed by atoms with Crippen LogP contribution in [-0.2, 0) is 0 Å². The molecule has 0 aliphatic rings. The first-order valence-corrected chi connectivity index (χ1v) is 6.36. The van der Waals surface area contributed by atoms with E-state index in [0.29, 0.717) is 18.9 Å². The Morgan fingerprint density at radius 1 is 1.00 bits per heavy atom. The van der Waals surface area contributed by atoms with E-state index in [1.807, 2.05) is 38.1 Å². The van der Waals surface area contributed by atoms with E-state index in [4.69, 9.17) is 15.2 Å². The third kappa shape index (κ3) is 3.16. The quantitative estimate of drug-likeness (QED) is 0.895. The average Bonchev–Trinajstić information content (AvgIpc) is 2.41. The summed E-state index contributed by atoms with van der Waals surface area (Å²) < 4.78 is 11.1. The minimum absolute atomic E-state index is 0.591. The Bertz CT molecular complexity index is 556. The maximum atomic E-state index is 5.77. The summed E-state index contributed by atoms with van der Waals surface area (Å²) in [5.74, 6) is 1.48. The molecule has 0 saturated carbocycles. The standard InChI is InChI=1S/C15H18N2O2/c1-3-18-14-6-5-11(9-15(14)19-4-2)13-10-12(16)7-8-17-13/h5-10H,3-4H2,1-2H3,(H2,16,17). The van der Waals surface area contributed by atoms with Crippen molar-refractivity contribution >= 4 is 5.69 Å². The lowest BCUT2D eigenvalue weighted by Gasteiger charge is -2.12. The highest BCUT2D eigenvalue weighted by Crippen LogP contribution is 2.32. The largest absolute Gasteiger partial charge is 0.490 e. The number of anilines is 1. The number of pyridine rings is 1. The van der Waals surface area contributed by atoms with Gasteiger partial charge in [-0.25, -0.2) is 0 Å². The Hall–Kier alpha value is -2.23. The molecular weight excluding hydrogens is 240 g/mol. The zero-order valence-electron chi connectivity index (χ0n) is 11.2. The second kappa shape index (κ2) is 6.09. The van der Waals surface area contributed by atoms with E-state index >= 15 is 0 Å². The molecular formula is C15H18N2O2. The van der Waals surface area contributed by atoms with Crippen molar-refractivity contribution in [3.05, 3.63) is 36.5 Å². The monoisotopic (exact) mass is 258 g/mol. The predicted octanol–water partition coefficient (Wildman–Crippen LogP) is 3.13. The van der Waals surface area contributed by atoms with Crippen molar-refractivity contribution in [2.24, 2.45) is 0 Å². The van der Waals surface area contributed by atoms with E-state index in [1.54, 1.807) is 12.3 Å². The van der Waals surface area contributed by atoms with Crippen molar-refractivity contribution in [1.29, 1.82) is 0 Å². The van der Waals surface area contributed by atoms with Gasteiger partial charge in [0, 0.05) is 17.4 Å². The van der Waals surface area contributed by atoms with E-state index in [-0.39, 0.29) is 0 Å². The minimum Gasteiger partial charge on any atom is -0.490 e. The summed E-state index contributed by atoms with van der Waals surface area (Å²) in [4.78, 5) is 4.31. The van der Waals surface area contributed by atoms with E-state index in [2.05, 4.69) is 4.98 Å². The van der Waals surface area contributed by atoms with E-state index < -0.39 is 0 Å². The Labute approximate surface area is 113 Å². The van der Waals surface area contributed by atoms with Gasteiger partial charge < -0.3 is 15.2 Å². The van der Waals surface area contributed by atoms with Crippen LogP contribution in [0.3, 0.4) is 0 Å². The fourth-order valence-corrected chi connectivity index (χ4v) is 1.82. The van der Waals surface area contributed by atoms with Gasteiger partial charge in [-0.05, 0) is 44.2 Å². The zero-order valence-corrected chi connectivity index (χ0v) is 11.2. The molecule has 0 atom stereocenters. The van der Waals surface area contributed by atoms with Gasteiger partial charge in [0.15, 0.2) is 11.5 Å². The molecule has 100 valence electrons. The van der Waals surface area contributed by atoms with Crippen LogP contribution in [0.4, 0.5) is 5.69 Å². The number of nitrogen functional groups attached to an aromatic ring is 1. The van der Waals surface area contributed by atoms with Gasteiger partial charge in [0.05, 0.1) is 18.9 Å². The highest BCUT2D eigenvalue weighted by atomic mass is 16.5. The number of hydrogen-bond donors (Lipinski definition) is 1. The van der Waals surface area contributed by atoms with Crippen molar-refractivity contribution < 1.29 is 9.47 Å². The summed E-state index contributed by atoms with van der Waals surface area (Å²) in [5.41, 5.74) is 8.25. The molecule has 2 aromatic rings. The molecule has 0 aliphatic carbocycles. The van der Waals surface area contributed by atoms with E-state index in [1.165, 1.54) is 0 Å². The van der Waals surface area contributed by atoms with Gasteiger partial charge in [0.1, 0.15) is 0 Å². The first-order chi connectivity index (χ1) is 9.24. The van der Waals surface area contributed by atoms with Crippen molar-refractivity contribution in [1.82, 2.24) is 4.98 Å². The number of hydrogen-bond acceptors (Lipinski definition) is 4. The SMILES string of the molecule is CCOc1ccc(-c2cc(N)ccn2)cc1OCC. The van der Waals surface area contributed by atoms with Crippen molar-refractivity contribution in [3.8, 4) is 22.8 Å². The molecule has 0 aliphatic heterocycles. The van der Waals surface area contributed by atoms with Crippen molar-refractivity contribution in [2.45, 2.75) is 13.8 Å².